The van der Waals surface area contributed by atoms with Gasteiger partial charge in [0.1, 0.15) is 5.83 Å². The molecule has 0 aromatic rings. The molecule has 1 aliphatic rings. The van der Waals surface area contributed by atoms with Crippen molar-refractivity contribution in [3.05, 3.63) is 36.7 Å². The summed E-state index contributed by atoms with van der Waals surface area (Å²) in [7, 11) is 0. The lowest BCUT2D eigenvalue weighted by molar-refractivity contribution is -0.136. The summed E-state index contributed by atoms with van der Waals surface area (Å²) in [5.74, 6) is -0.320. The Morgan fingerprint density at radius 3 is 2.70 bits per heavy atom. The van der Waals surface area contributed by atoms with Crippen LogP contribution in [0.3, 0.4) is 0 Å². The Kier molecular flexibility index (Phi) is 8.76. The van der Waals surface area contributed by atoms with Crippen LogP contribution in [0.1, 0.15) is 19.3 Å². The van der Waals surface area contributed by atoms with E-state index in [0.29, 0.717) is 38.4 Å². The number of amides is 1. The summed E-state index contributed by atoms with van der Waals surface area (Å²) in [5, 5.41) is 21.4. The Bertz CT molecular complexity index is 445. The molecule has 6 heteroatoms. The zero-order valence-electron chi connectivity index (χ0n) is 13.5. The standard InChI is InChI=1S/C17H27FN2O3/c1-3-4-15(13(2)18)9-17(23)20-11-14(12-20)10-19-7-5-16(22)6-8-21/h3-4,14,16,19,21-22H,1-2,5-12H2/b15-4-/t16-/m0/s1. The zero-order valence-corrected chi connectivity index (χ0v) is 13.5. The number of allylic oxidation sites excluding steroid dienone is 3. The average Bonchev–Trinajstić information content (AvgIpc) is 2.44. The third-order valence-electron chi connectivity index (χ3n) is 3.87. The van der Waals surface area contributed by atoms with Crippen molar-refractivity contribution in [2.24, 2.45) is 5.92 Å². The van der Waals surface area contributed by atoms with Crippen LogP contribution in [0.2, 0.25) is 0 Å². The molecule has 0 saturated carbocycles. The van der Waals surface area contributed by atoms with E-state index in [4.69, 9.17) is 5.11 Å². The topological polar surface area (TPSA) is 72.8 Å². The summed E-state index contributed by atoms with van der Waals surface area (Å²) in [4.78, 5) is 13.7. The van der Waals surface area contributed by atoms with E-state index in [1.165, 1.54) is 12.2 Å². The maximum Gasteiger partial charge on any atom is 0.227 e. The van der Waals surface area contributed by atoms with Gasteiger partial charge >= 0.3 is 0 Å². The molecule has 1 rings (SSSR count). The maximum absolute atomic E-state index is 13.2. The van der Waals surface area contributed by atoms with Crippen LogP contribution in [-0.4, -0.2) is 59.9 Å². The van der Waals surface area contributed by atoms with Gasteiger partial charge in [0.15, 0.2) is 0 Å². The van der Waals surface area contributed by atoms with Gasteiger partial charge in [-0.15, -0.1) is 0 Å². The van der Waals surface area contributed by atoms with E-state index in [9.17, 15) is 14.3 Å². The Morgan fingerprint density at radius 1 is 1.43 bits per heavy atom. The van der Waals surface area contributed by atoms with E-state index in [1.807, 2.05) is 0 Å². The number of aliphatic hydroxyl groups is 2. The number of halogens is 1. The van der Waals surface area contributed by atoms with Crippen LogP contribution < -0.4 is 5.32 Å². The van der Waals surface area contributed by atoms with Crippen molar-refractivity contribution < 1.29 is 19.4 Å². The Labute approximate surface area is 137 Å². The van der Waals surface area contributed by atoms with Crippen LogP contribution >= 0.6 is 0 Å². The van der Waals surface area contributed by atoms with Crippen LogP contribution in [0, 0.1) is 5.92 Å². The molecule has 0 aromatic heterocycles. The SMILES string of the molecule is C=C/C=C(/CC(=O)N1CC(CNCC[C@H](O)CCO)C1)C(=C)F. The number of hydrogen-bond donors (Lipinski definition) is 3. The maximum atomic E-state index is 13.2. The molecule has 0 aromatic carbocycles. The predicted octanol–water partition coefficient (Wildman–Crippen LogP) is 1.15. The molecule has 1 atom stereocenters. The summed E-state index contributed by atoms with van der Waals surface area (Å²) in [6.07, 6.45) is 3.45. The lowest BCUT2D eigenvalue weighted by Gasteiger charge is -2.39. The van der Waals surface area contributed by atoms with Gasteiger partial charge in [0.25, 0.3) is 0 Å². The number of likely N-dealkylation sites (tertiary alicyclic amines) is 1. The van der Waals surface area contributed by atoms with E-state index in [0.717, 1.165) is 6.54 Å². The third kappa shape index (κ3) is 7.07. The van der Waals surface area contributed by atoms with Crippen molar-refractivity contribution >= 4 is 5.91 Å². The molecule has 0 aliphatic carbocycles. The summed E-state index contributed by atoms with van der Waals surface area (Å²) < 4.78 is 13.2. The second kappa shape index (κ2) is 10.3. The normalized spacial score (nSPS) is 16.8. The summed E-state index contributed by atoms with van der Waals surface area (Å²) in [6, 6.07) is 0. The van der Waals surface area contributed by atoms with E-state index >= 15 is 0 Å². The summed E-state index contributed by atoms with van der Waals surface area (Å²) >= 11 is 0. The highest BCUT2D eigenvalue weighted by Crippen LogP contribution is 2.20. The van der Waals surface area contributed by atoms with Crippen molar-refractivity contribution in [3.8, 4) is 0 Å². The molecule has 1 aliphatic heterocycles. The van der Waals surface area contributed by atoms with Gasteiger partial charge in [-0.1, -0.05) is 25.3 Å². The van der Waals surface area contributed by atoms with Gasteiger partial charge in [-0.25, -0.2) is 4.39 Å². The zero-order chi connectivity index (χ0) is 17.2. The number of nitrogens with one attached hydrogen (secondary N) is 1. The fourth-order valence-electron chi connectivity index (χ4n) is 2.43. The first kappa shape index (κ1) is 19.5. The first-order valence-electron chi connectivity index (χ1n) is 7.91. The monoisotopic (exact) mass is 326 g/mol. The Balaban J connectivity index is 2.18. The van der Waals surface area contributed by atoms with Gasteiger partial charge in [0.2, 0.25) is 5.91 Å². The van der Waals surface area contributed by atoms with Crippen LogP contribution in [0.15, 0.2) is 36.7 Å². The molecule has 1 amide bonds. The van der Waals surface area contributed by atoms with Gasteiger partial charge in [-0.05, 0) is 25.0 Å². The van der Waals surface area contributed by atoms with Gasteiger partial charge < -0.3 is 20.4 Å². The number of carbonyl (C=O) groups is 1. The lowest BCUT2D eigenvalue weighted by Crippen LogP contribution is -2.53. The second-order valence-electron chi connectivity index (χ2n) is 5.83. The number of aliphatic hydroxyl groups excluding tert-OH is 2. The Hall–Kier alpha value is -1.50. The van der Waals surface area contributed by atoms with Crippen LogP contribution in [0.5, 0.6) is 0 Å². The van der Waals surface area contributed by atoms with E-state index in [1.54, 1.807) is 4.90 Å². The van der Waals surface area contributed by atoms with Gasteiger partial charge in [0.05, 0.1) is 12.5 Å². The molecule has 1 saturated heterocycles. The van der Waals surface area contributed by atoms with Crippen LogP contribution in [0.25, 0.3) is 0 Å². The minimum Gasteiger partial charge on any atom is -0.396 e. The summed E-state index contributed by atoms with van der Waals surface area (Å²) in [6.45, 7) is 9.49. The number of carbonyl (C=O) groups excluding carboxylic acids is 1. The molecule has 130 valence electrons. The highest BCUT2D eigenvalue weighted by Gasteiger charge is 2.30. The average molecular weight is 326 g/mol. The van der Waals surface area contributed by atoms with Gasteiger partial charge in [-0.2, -0.15) is 0 Å². The molecule has 0 radical (unpaired) electrons. The molecular formula is C17H27FN2O3. The van der Waals surface area contributed by atoms with Crippen LogP contribution in [0.4, 0.5) is 4.39 Å². The van der Waals surface area contributed by atoms with Crippen molar-refractivity contribution in [3.63, 3.8) is 0 Å². The molecule has 3 N–H and O–H groups in total. The van der Waals surface area contributed by atoms with Gasteiger partial charge in [-0.3, -0.25) is 4.79 Å². The number of hydrogen-bond acceptors (Lipinski definition) is 4. The van der Waals surface area contributed by atoms with Crippen LogP contribution in [-0.2, 0) is 4.79 Å². The van der Waals surface area contributed by atoms with E-state index in [2.05, 4.69) is 18.5 Å². The smallest absolute Gasteiger partial charge is 0.227 e. The largest absolute Gasteiger partial charge is 0.396 e. The molecule has 5 nitrogen and oxygen atoms in total. The van der Waals surface area contributed by atoms with E-state index in [-0.39, 0.29) is 24.5 Å². The first-order valence-corrected chi connectivity index (χ1v) is 7.91. The highest BCUT2D eigenvalue weighted by atomic mass is 19.1. The van der Waals surface area contributed by atoms with Crippen molar-refractivity contribution in [2.45, 2.75) is 25.4 Å². The molecule has 1 heterocycles. The quantitative estimate of drug-likeness (QED) is 0.393. The van der Waals surface area contributed by atoms with Crippen molar-refractivity contribution in [2.75, 3.05) is 32.8 Å². The molecule has 0 bridgehead atoms. The predicted molar refractivity (Wildman–Crippen MR) is 88.4 cm³/mol. The minimum atomic E-state index is -0.599. The van der Waals surface area contributed by atoms with Crippen molar-refractivity contribution in [1.29, 1.82) is 0 Å². The fraction of sp³-hybridized carbons (Fsp3) is 0.588. The molecule has 23 heavy (non-hydrogen) atoms. The van der Waals surface area contributed by atoms with E-state index < -0.39 is 11.9 Å². The van der Waals surface area contributed by atoms with Gasteiger partial charge in [0, 0.05) is 32.2 Å². The number of rotatable bonds is 11. The first-order chi connectivity index (χ1) is 11.0. The van der Waals surface area contributed by atoms with Crippen molar-refractivity contribution in [1.82, 2.24) is 10.2 Å². The highest BCUT2D eigenvalue weighted by molar-refractivity contribution is 5.80. The molecular weight excluding hydrogens is 299 g/mol. The minimum absolute atomic E-state index is 0.00550. The fourth-order valence-corrected chi connectivity index (χ4v) is 2.43. The molecule has 0 unspecified atom stereocenters. The molecule has 1 fully saturated rings. The second-order valence-corrected chi connectivity index (χ2v) is 5.83. The Morgan fingerprint density at radius 2 is 2.13 bits per heavy atom. The molecule has 0 spiro atoms. The summed E-state index contributed by atoms with van der Waals surface area (Å²) in [5.41, 5.74) is 0.268. The number of nitrogens with zero attached hydrogens (tertiary/aromatic N) is 1. The third-order valence-corrected chi connectivity index (χ3v) is 3.87. The lowest BCUT2D eigenvalue weighted by atomic mass is 9.98.